The zero-order valence-electron chi connectivity index (χ0n) is 11.9. The Morgan fingerprint density at radius 1 is 1.24 bits per heavy atom. The van der Waals surface area contributed by atoms with Gasteiger partial charge in [0.1, 0.15) is 12.4 Å². The largest absolute Gasteiger partial charge is 0.488 e. The van der Waals surface area contributed by atoms with Crippen molar-refractivity contribution >= 4 is 17.3 Å². The normalized spacial score (nSPS) is 10.7. The highest BCUT2D eigenvalue weighted by Crippen LogP contribution is 2.29. The van der Waals surface area contributed by atoms with Gasteiger partial charge in [0.05, 0.1) is 10.5 Å². The predicted octanol–water partition coefficient (Wildman–Crippen LogP) is 4.95. The molecule has 0 N–H and O–H groups in total. The van der Waals surface area contributed by atoms with Crippen LogP contribution >= 0.6 is 11.6 Å². The fourth-order valence-electron chi connectivity index (χ4n) is 2.07. The van der Waals surface area contributed by atoms with Gasteiger partial charge in [-0.1, -0.05) is 43.6 Å². The van der Waals surface area contributed by atoms with Gasteiger partial charge in [-0.2, -0.15) is 0 Å². The van der Waals surface area contributed by atoms with Crippen LogP contribution in [0.2, 0.25) is 5.02 Å². The molecule has 4 nitrogen and oxygen atoms in total. The van der Waals surface area contributed by atoms with Crippen LogP contribution in [0.15, 0.2) is 42.5 Å². The van der Waals surface area contributed by atoms with Crippen LogP contribution in [0.1, 0.15) is 30.9 Å². The molecule has 0 bridgehead atoms. The van der Waals surface area contributed by atoms with Crippen LogP contribution in [0.25, 0.3) is 0 Å². The van der Waals surface area contributed by atoms with Crippen molar-refractivity contribution in [3.8, 4) is 5.75 Å². The molecule has 21 heavy (non-hydrogen) atoms. The monoisotopic (exact) mass is 305 g/mol. The fraction of sp³-hybridized carbons (Fsp3) is 0.250. The number of para-hydroxylation sites is 1. The second-order valence-corrected chi connectivity index (χ2v) is 5.45. The molecule has 0 aliphatic carbocycles. The number of benzene rings is 2. The fourth-order valence-corrected chi connectivity index (χ4v) is 2.24. The van der Waals surface area contributed by atoms with Crippen molar-refractivity contribution in [3.05, 3.63) is 68.7 Å². The van der Waals surface area contributed by atoms with E-state index >= 15 is 0 Å². The Morgan fingerprint density at radius 3 is 2.62 bits per heavy atom. The van der Waals surface area contributed by atoms with Crippen molar-refractivity contribution in [2.24, 2.45) is 0 Å². The summed E-state index contributed by atoms with van der Waals surface area (Å²) in [6.07, 6.45) is 0. The highest BCUT2D eigenvalue weighted by molar-refractivity contribution is 6.30. The van der Waals surface area contributed by atoms with E-state index in [1.165, 1.54) is 6.07 Å². The molecule has 0 fully saturated rings. The summed E-state index contributed by atoms with van der Waals surface area (Å²) in [6, 6.07) is 12.3. The Balaban J connectivity index is 2.23. The first kappa shape index (κ1) is 15.3. The first-order chi connectivity index (χ1) is 9.99. The van der Waals surface area contributed by atoms with Crippen molar-refractivity contribution < 1.29 is 9.66 Å². The van der Waals surface area contributed by atoms with Crippen LogP contribution < -0.4 is 4.74 Å². The standard InChI is InChI=1S/C16H16ClNO3/c1-11(2)14-5-3-4-6-16(14)21-10-12-7-8-13(17)9-15(12)18(19)20/h3-9,11H,10H2,1-2H3. The second-order valence-electron chi connectivity index (χ2n) is 5.01. The second kappa shape index (κ2) is 6.59. The van der Waals surface area contributed by atoms with Gasteiger partial charge in [0, 0.05) is 11.1 Å². The van der Waals surface area contributed by atoms with E-state index in [0.717, 1.165) is 11.3 Å². The van der Waals surface area contributed by atoms with E-state index in [4.69, 9.17) is 16.3 Å². The number of ether oxygens (including phenoxy) is 1. The molecule has 110 valence electrons. The summed E-state index contributed by atoms with van der Waals surface area (Å²) < 4.78 is 5.77. The van der Waals surface area contributed by atoms with Crippen molar-refractivity contribution in [3.63, 3.8) is 0 Å². The first-order valence-electron chi connectivity index (χ1n) is 6.63. The molecule has 0 radical (unpaired) electrons. The number of nitro benzene ring substituents is 1. The number of rotatable bonds is 5. The van der Waals surface area contributed by atoms with Gasteiger partial charge in [0.2, 0.25) is 0 Å². The summed E-state index contributed by atoms with van der Waals surface area (Å²) >= 11 is 5.80. The summed E-state index contributed by atoms with van der Waals surface area (Å²) in [5.74, 6) is 1.07. The molecule has 0 spiro atoms. The lowest BCUT2D eigenvalue weighted by Gasteiger charge is -2.14. The summed E-state index contributed by atoms with van der Waals surface area (Å²) in [5.41, 5.74) is 1.56. The molecule has 0 aliphatic rings. The molecule has 0 saturated heterocycles. The van der Waals surface area contributed by atoms with E-state index in [1.54, 1.807) is 12.1 Å². The smallest absolute Gasteiger partial charge is 0.277 e. The molecule has 0 amide bonds. The highest BCUT2D eigenvalue weighted by atomic mass is 35.5. The maximum atomic E-state index is 11.1. The third kappa shape index (κ3) is 3.73. The average Bonchev–Trinajstić information content (AvgIpc) is 2.46. The Labute approximate surface area is 128 Å². The Hall–Kier alpha value is -2.07. The molecule has 0 heterocycles. The predicted molar refractivity (Wildman–Crippen MR) is 83.0 cm³/mol. The molecule has 2 aromatic rings. The van der Waals surface area contributed by atoms with E-state index in [2.05, 4.69) is 13.8 Å². The van der Waals surface area contributed by atoms with E-state index < -0.39 is 4.92 Å². The van der Waals surface area contributed by atoms with Gasteiger partial charge in [0.15, 0.2) is 0 Å². The van der Waals surface area contributed by atoms with E-state index in [0.29, 0.717) is 16.5 Å². The Morgan fingerprint density at radius 2 is 1.95 bits per heavy atom. The zero-order chi connectivity index (χ0) is 15.4. The minimum absolute atomic E-state index is 0.0236. The van der Waals surface area contributed by atoms with Crippen LogP contribution in [0.4, 0.5) is 5.69 Å². The van der Waals surface area contributed by atoms with E-state index in [-0.39, 0.29) is 12.3 Å². The Bertz CT molecular complexity index is 656. The van der Waals surface area contributed by atoms with Crippen molar-refractivity contribution in [1.82, 2.24) is 0 Å². The molecular weight excluding hydrogens is 290 g/mol. The van der Waals surface area contributed by atoms with E-state index in [1.807, 2.05) is 24.3 Å². The van der Waals surface area contributed by atoms with Crippen molar-refractivity contribution in [2.45, 2.75) is 26.4 Å². The first-order valence-corrected chi connectivity index (χ1v) is 7.01. The van der Waals surface area contributed by atoms with Crippen molar-refractivity contribution in [2.75, 3.05) is 0 Å². The van der Waals surface area contributed by atoms with Gasteiger partial charge < -0.3 is 4.74 Å². The number of hydrogen-bond donors (Lipinski definition) is 0. The third-order valence-corrected chi connectivity index (χ3v) is 3.40. The maximum Gasteiger partial charge on any atom is 0.277 e. The quantitative estimate of drug-likeness (QED) is 0.580. The zero-order valence-corrected chi connectivity index (χ0v) is 12.6. The van der Waals surface area contributed by atoms with Gasteiger partial charge in [-0.05, 0) is 29.7 Å². The van der Waals surface area contributed by atoms with Gasteiger partial charge in [-0.15, -0.1) is 0 Å². The summed E-state index contributed by atoms with van der Waals surface area (Å²) in [5, 5.41) is 11.4. The topological polar surface area (TPSA) is 52.4 Å². The van der Waals surface area contributed by atoms with Crippen LogP contribution in [0.5, 0.6) is 5.75 Å². The maximum absolute atomic E-state index is 11.1. The number of nitrogens with zero attached hydrogens (tertiary/aromatic N) is 1. The van der Waals surface area contributed by atoms with E-state index in [9.17, 15) is 10.1 Å². The number of nitro groups is 1. The average molecular weight is 306 g/mol. The molecule has 0 aliphatic heterocycles. The SMILES string of the molecule is CC(C)c1ccccc1OCc1ccc(Cl)cc1[N+](=O)[O-]. The number of halogens is 1. The van der Waals surface area contributed by atoms with Crippen LogP contribution in [-0.2, 0) is 6.61 Å². The molecule has 0 saturated carbocycles. The van der Waals surface area contributed by atoms with Crippen LogP contribution in [0.3, 0.4) is 0 Å². The van der Waals surface area contributed by atoms with Gasteiger partial charge in [0.25, 0.3) is 5.69 Å². The van der Waals surface area contributed by atoms with Crippen LogP contribution in [-0.4, -0.2) is 4.92 Å². The molecule has 0 atom stereocenters. The molecule has 0 unspecified atom stereocenters. The Kier molecular flexibility index (Phi) is 4.81. The highest BCUT2D eigenvalue weighted by Gasteiger charge is 2.15. The lowest BCUT2D eigenvalue weighted by molar-refractivity contribution is -0.385. The molecule has 0 aromatic heterocycles. The summed E-state index contributed by atoms with van der Waals surface area (Å²) in [6.45, 7) is 4.29. The van der Waals surface area contributed by atoms with Gasteiger partial charge >= 0.3 is 0 Å². The van der Waals surface area contributed by atoms with Crippen LogP contribution in [0, 0.1) is 10.1 Å². The number of hydrogen-bond acceptors (Lipinski definition) is 3. The van der Waals surface area contributed by atoms with Gasteiger partial charge in [-0.3, -0.25) is 10.1 Å². The minimum Gasteiger partial charge on any atom is -0.488 e. The lowest BCUT2D eigenvalue weighted by Crippen LogP contribution is -2.02. The minimum atomic E-state index is -0.446. The molecule has 5 heteroatoms. The summed E-state index contributed by atoms with van der Waals surface area (Å²) in [7, 11) is 0. The van der Waals surface area contributed by atoms with Crippen molar-refractivity contribution in [1.29, 1.82) is 0 Å². The molecule has 2 aromatic carbocycles. The molecular formula is C16H16ClNO3. The third-order valence-electron chi connectivity index (χ3n) is 3.17. The lowest BCUT2D eigenvalue weighted by atomic mass is 10.0. The molecule has 2 rings (SSSR count). The summed E-state index contributed by atoms with van der Waals surface area (Å²) in [4.78, 5) is 10.6. The van der Waals surface area contributed by atoms with Gasteiger partial charge in [-0.25, -0.2) is 0 Å².